The van der Waals surface area contributed by atoms with Crippen molar-refractivity contribution >= 4 is 0 Å². The molecule has 3 unspecified atom stereocenters. The molecule has 0 aromatic carbocycles. The molecule has 2 saturated heterocycles. The second-order valence-corrected chi connectivity index (χ2v) is 4.42. The first-order valence-corrected chi connectivity index (χ1v) is 5.58. The van der Waals surface area contributed by atoms with Crippen LogP contribution < -0.4 is 5.32 Å². The van der Waals surface area contributed by atoms with E-state index in [0.717, 1.165) is 38.9 Å². The molecule has 0 aliphatic carbocycles. The van der Waals surface area contributed by atoms with Crippen molar-refractivity contribution in [3.8, 4) is 0 Å². The van der Waals surface area contributed by atoms with Gasteiger partial charge in [0.05, 0.1) is 12.2 Å². The molecule has 2 aliphatic rings. The van der Waals surface area contributed by atoms with Crippen LogP contribution in [0.25, 0.3) is 0 Å². The minimum absolute atomic E-state index is 0.189. The summed E-state index contributed by atoms with van der Waals surface area (Å²) in [6.07, 6.45) is 2.50. The van der Waals surface area contributed by atoms with Gasteiger partial charge in [-0.15, -0.1) is 0 Å². The molecular formula is C10H20N2O2. The number of rotatable bonds is 1. The van der Waals surface area contributed by atoms with Crippen LogP contribution in [-0.2, 0) is 0 Å². The van der Waals surface area contributed by atoms with Crippen molar-refractivity contribution in [2.45, 2.75) is 37.5 Å². The lowest BCUT2D eigenvalue weighted by molar-refractivity contribution is -0.0149. The van der Waals surface area contributed by atoms with Crippen LogP contribution in [0.3, 0.4) is 0 Å². The number of piperidine rings is 2. The van der Waals surface area contributed by atoms with Crippen molar-refractivity contribution in [3.05, 3.63) is 0 Å². The summed E-state index contributed by atoms with van der Waals surface area (Å²) in [7, 11) is 0. The van der Waals surface area contributed by atoms with E-state index < -0.39 is 0 Å². The fourth-order valence-corrected chi connectivity index (χ4v) is 2.54. The highest BCUT2D eigenvalue weighted by Crippen LogP contribution is 2.18. The average Bonchev–Trinajstić information content (AvgIpc) is 2.18. The van der Waals surface area contributed by atoms with Gasteiger partial charge in [0.25, 0.3) is 0 Å². The Kier molecular flexibility index (Phi) is 3.38. The van der Waals surface area contributed by atoms with Crippen LogP contribution in [0, 0.1) is 0 Å². The third-order valence-electron chi connectivity index (χ3n) is 3.31. The number of likely N-dealkylation sites (tertiary alicyclic amines) is 1. The standard InChI is InChI=1S/C10H20N2O2/c13-8-2-1-5-12(7-8)9-3-4-11-6-10(9)14/h8-11,13-14H,1-7H2. The van der Waals surface area contributed by atoms with Gasteiger partial charge in [0.2, 0.25) is 0 Å². The van der Waals surface area contributed by atoms with E-state index in [2.05, 4.69) is 10.2 Å². The summed E-state index contributed by atoms with van der Waals surface area (Å²) < 4.78 is 0. The van der Waals surface area contributed by atoms with Gasteiger partial charge in [-0.05, 0) is 32.4 Å². The lowest BCUT2D eigenvalue weighted by atomic mass is 9.98. The fraction of sp³-hybridized carbons (Fsp3) is 1.00. The number of nitrogens with one attached hydrogen (secondary N) is 1. The lowest BCUT2D eigenvalue weighted by Gasteiger charge is -2.41. The van der Waals surface area contributed by atoms with E-state index in [0.29, 0.717) is 6.54 Å². The normalized spacial score (nSPS) is 41.1. The highest BCUT2D eigenvalue weighted by molar-refractivity contribution is 4.87. The van der Waals surface area contributed by atoms with Crippen molar-refractivity contribution in [3.63, 3.8) is 0 Å². The number of aliphatic hydroxyl groups is 2. The van der Waals surface area contributed by atoms with Gasteiger partial charge in [0.15, 0.2) is 0 Å². The summed E-state index contributed by atoms with van der Waals surface area (Å²) in [5, 5.41) is 22.6. The van der Waals surface area contributed by atoms with Crippen molar-refractivity contribution in [2.24, 2.45) is 0 Å². The molecule has 0 aromatic rings. The topological polar surface area (TPSA) is 55.7 Å². The van der Waals surface area contributed by atoms with Crippen molar-refractivity contribution < 1.29 is 10.2 Å². The third kappa shape index (κ3) is 2.25. The Hall–Kier alpha value is -0.160. The highest BCUT2D eigenvalue weighted by Gasteiger charge is 2.31. The Morgan fingerprint density at radius 1 is 1.21 bits per heavy atom. The van der Waals surface area contributed by atoms with Gasteiger partial charge < -0.3 is 15.5 Å². The molecule has 14 heavy (non-hydrogen) atoms. The van der Waals surface area contributed by atoms with Crippen LogP contribution in [0.4, 0.5) is 0 Å². The van der Waals surface area contributed by atoms with E-state index >= 15 is 0 Å². The zero-order valence-electron chi connectivity index (χ0n) is 8.52. The SMILES string of the molecule is OC1CCCN(C2CCNCC2O)C1. The number of β-amino-alcohol motifs (C(OH)–C–C–N with tert-alkyl or cyclic N) is 2. The predicted molar refractivity (Wildman–Crippen MR) is 54.1 cm³/mol. The molecule has 3 atom stereocenters. The van der Waals surface area contributed by atoms with Crippen LogP contribution in [0.5, 0.6) is 0 Å². The molecule has 2 heterocycles. The van der Waals surface area contributed by atoms with Crippen molar-refractivity contribution in [2.75, 3.05) is 26.2 Å². The molecule has 0 radical (unpaired) electrons. The number of hydrogen-bond acceptors (Lipinski definition) is 4. The fourth-order valence-electron chi connectivity index (χ4n) is 2.54. The summed E-state index contributed by atoms with van der Waals surface area (Å²) in [4.78, 5) is 2.25. The number of nitrogens with zero attached hydrogens (tertiary/aromatic N) is 1. The first kappa shape index (κ1) is 10.4. The zero-order valence-corrected chi connectivity index (χ0v) is 8.52. The van der Waals surface area contributed by atoms with Crippen LogP contribution in [0.1, 0.15) is 19.3 Å². The Morgan fingerprint density at radius 3 is 2.79 bits per heavy atom. The molecule has 0 aromatic heterocycles. The Labute approximate surface area is 84.9 Å². The predicted octanol–water partition coefficient (Wildman–Crippen LogP) is -0.834. The van der Waals surface area contributed by atoms with Gasteiger partial charge >= 0.3 is 0 Å². The molecule has 0 amide bonds. The van der Waals surface area contributed by atoms with Crippen LogP contribution in [-0.4, -0.2) is 59.5 Å². The molecule has 4 heteroatoms. The van der Waals surface area contributed by atoms with E-state index in [4.69, 9.17) is 0 Å². The van der Waals surface area contributed by atoms with Crippen molar-refractivity contribution in [1.29, 1.82) is 0 Å². The van der Waals surface area contributed by atoms with Gasteiger partial charge in [0, 0.05) is 19.1 Å². The Balaban J connectivity index is 1.91. The van der Waals surface area contributed by atoms with Gasteiger partial charge in [-0.2, -0.15) is 0 Å². The smallest absolute Gasteiger partial charge is 0.0819 e. The second-order valence-electron chi connectivity index (χ2n) is 4.42. The molecule has 2 aliphatic heterocycles. The zero-order chi connectivity index (χ0) is 9.97. The summed E-state index contributed by atoms with van der Waals surface area (Å²) in [5.41, 5.74) is 0. The summed E-state index contributed by atoms with van der Waals surface area (Å²) in [6.45, 7) is 3.44. The third-order valence-corrected chi connectivity index (χ3v) is 3.31. The monoisotopic (exact) mass is 200 g/mol. The van der Waals surface area contributed by atoms with Crippen LogP contribution in [0.15, 0.2) is 0 Å². The summed E-state index contributed by atoms with van der Waals surface area (Å²) in [6, 6.07) is 0.256. The second kappa shape index (κ2) is 4.57. The number of hydrogen-bond donors (Lipinski definition) is 3. The molecule has 4 nitrogen and oxygen atoms in total. The molecule has 3 N–H and O–H groups in total. The maximum atomic E-state index is 9.82. The van der Waals surface area contributed by atoms with Gasteiger partial charge in [-0.25, -0.2) is 0 Å². The molecule has 0 bridgehead atoms. The molecule has 0 spiro atoms. The molecule has 2 rings (SSSR count). The average molecular weight is 200 g/mol. The van der Waals surface area contributed by atoms with Crippen molar-refractivity contribution in [1.82, 2.24) is 10.2 Å². The largest absolute Gasteiger partial charge is 0.392 e. The minimum Gasteiger partial charge on any atom is -0.392 e. The molecule has 0 saturated carbocycles. The molecule has 2 fully saturated rings. The minimum atomic E-state index is -0.269. The van der Waals surface area contributed by atoms with E-state index in [1.807, 2.05) is 0 Å². The summed E-state index contributed by atoms with van der Waals surface area (Å²) in [5.74, 6) is 0. The van der Waals surface area contributed by atoms with E-state index in [-0.39, 0.29) is 18.2 Å². The quantitative estimate of drug-likeness (QED) is 0.517. The molecular weight excluding hydrogens is 180 g/mol. The first-order valence-electron chi connectivity index (χ1n) is 5.58. The Bertz CT molecular complexity index is 189. The first-order chi connectivity index (χ1) is 6.77. The van der Waals surface area contributed by atoms with E-state index in [1.165, 1.54) is 0 Å². The molecule has 82 valence electrons. The van der Waals surface area contributed by atoms with Gasteiger partial charge in [-0.1, -0.05) is 0 Å². The van der Waals surface area contributed by atoms with Crippen LogP contribution in [0.2, 0.25) is 0 Å². The van der Waals surface area contributed by atoms with Gasteiger partial charge in [-0.3, -0.25) is 4.90 Å². The maximum Gasteiger partial charge on any atom is 0.0819 e. The van der Waals surface area contributed by atoms with E-state index in [9.17, 15) is 10.2 Å². The highest BCUT2D eigenvalue weighted by atomic mass is 16.3. The Morgan fingerprint density at radius 2 is 2.07 bits per heavy atom. The van der Waals surface area contributed by atoms with E-state index in [1.54, 1.807) is 0 Å². The van der Waals surface area contributed by atoms with Crippen LogP contribution >= 0.6 is 0 Å². The number of aliphatic hydroxyl groups excluding tert-OH is 2. The van der Waals surface area contributed by atoms with Gasteiger partial charge in [0.1, 0.15) is 0 Å². The lowest BCUT2D eigenvalue weighted by Crippen LogP contribution is -2.55. The maximum absolute atomic E-state index is 9.82. The summed E-state index contributed by atoms with van der Waals surface area (Å²) >= 11 is 0.